The maximum absolute atomic E-state index is 4.66. The molecule has 0 spiro atoms. The van der Waals surface area contributed by atoms with Crippen molar-refractivity contribution < 1.29 is 0 Å². The Bertz CT molecular complexity index is 601. The van der Waals surface area contributed by atoms with Crippen molar-refractivity contribution in [2.75, 3.05) is 13.1 Å². The van der Waals surface area contributed by atoms with E-state index in [2.05, 4.69) is 47.3 Å². The zero-order valence-corrected chi connectivity index (χ0v) is 12.2. The van der Waals surface area contributed by atoms with Gasteiger partial charge in [0.1, 0.15) is 0 Å². The number of hydrogen-bond donors (Lipinski definition) is 1. The summed E-state index contributed by atoms with van der Waals surface area (Å²) >= 11 is 0. The third-order valence-electron chi connectivity index (χ3n) is 4.31. The summed E-state index contributed by atoms with van der Waals surface area (Å²) in [4.78, 5) is 9.30. The Morgan fingerprint density at radius 2 is 1.80 bits per heavy atom. The van der Waals surface area contributed by atoms with E-state index in [0.717, 1.165) is 31.6 Å². The van der Waals surface area contributed by atoms with E-state index < -0.39 is 0 Å². The number of aromatic nitrogens is 2. The normalized spacial score (nSPS) is 16.3. The van der Waals surface area contributed by atoms with Gasteiger partial charge in [-0.25, -0.2) is 0 Å². The molecule has 3 heteroatoms. The van der Waals surface area contributed by atoms with Crippen molar-refractivity contribution in [2.45, 2.75) is 32.6 Å². The van der Waals surface area contributed by atoms with Crippen LogP contribution in [0.5, 0.6) is 0 Å². The highest BCUT2D eigenvalue weighted by atomic mass is 14.9. The van der Waals surface area contributed by atoms with Gasteiger partial charge in [-0.05, 0) is 50.9 Å². The quantitative estimate of drug-likeness (QED) is 0.907. The van der Waals surface area contributed by atoms with E-state index in [1.165, 1.54) is 22.4 Å². The summed E-state index contributed by atoms with van der Waals surface area (Å²) in [7, 11) is 0. The maximum Gasteiger partial charge on any atom is 0.0922 e. The fourth-order valence-corrected chi connectivity index (χ4v) is 2.96. The van der Waals surface area contributed by atoms with Crippen LogP contribution in [0.3, 0.4) is 0 Å². The van der Waals surface area contributed by atoms with Crippen molar-refractivity contribution in [1.82, 2.24) is 15.3 Å². The molecule has 20 heavy (non-hydrogen) atoms. The third kappa shape index (κ3) is 2.46. The van der Waals surface area contributed by atoms with Gasteiger partial charge in [-0.1, -0.05) is 18.2 Å². The average Bonchev–Trinajstić information content (AvgIpc) is 2.51. The van der Waals surface area contributed by atoms with Crippen LogP contribution in [-0.2, 0) is 0 Å². The maximum atomic E-state index is 4.66. The lowest BCUT2D eigenvalue weighted by molar-refractivity contribution is 0.453. The van der Waals surface area contributed by atoms with Crippen molar-refractivity contribution in [2.24, 2.45) is 0 Å². The van der Waals surface area contributed by atoms with Gasteiger partial charge in [0.25, 0.3) is 0 Å². The molecular formula is C17H21N3. The van der Waals surface area contributed by atoms with Crippen LogP contribution in [0.1, 0.15) is 35.6 Å². The van der Waals surface area contributed by atoms with Gasteiger partial charge in [-0.15, -0.1) is 0 Å². The Morgan fingerprint density at radius 3 is 2.60 bits per heavy atom. The van der Waals surface area contributed by atoms with Gasteiger partial charge in [-0.3, -0.25) is 9.97 Å². The average molecular weight is 267 g/mol. The molecule has 0 amide bonds. The summed E-state index contributed by atoms with van der Waals surface area (Å²) < 4.78 is 0. The molecule has 3 rings (SSSR count). The number of nitrogens with zero attached hydrogens (tertiary/aromatic N) is 2. The van der Waals surface area contributed by atoms with Crippen molar-refractivity contribution >= 4 is 0 Å². The first-order valence-electron chi connectivity index (χ1n) is 7.35. The first-order valence-corrected chi connectivity index (χ1v) is 7.35. The van der Waals surface area contributed by atoms with Crippen LogP contribution in [0, 0.1) is 13.8 Å². The van der Waals surface area contributed by atoms with Crippen molar-refractivity contribution in [3.05, 3.63) is 47.4 Å². The van der Waals surface area contributed by atoms with Crippen molar-refractivity contribution in [3.8, 4) is 11.3 Å². The lowest BCUT2D eigenvalue weighted by Crippen LogP contribution is -2.27. The minimum absolute atomic E-state index is 0.528. The second kappa shape index (κ2) is 5.71. The Morgan fingerprint density at radius 1 is 1.05 bits per heavy atom. The molecule has 1 saturated heterocycles. The van der Waals surface area contributed by atoms with Gasteiger partial charge in [-0.2, -0.15) is 0 Å². The minimum atomic E-state index is 0.528. The Balaban J connectivity index is 2.07. The molecule has 1 N–H and O–H groups in total. The number of piperidine rings is 1. The van der Waals surface area contributed by atoms with E-state index in [9.17, 15) is 0 Å². The molecule has 0 unspecified atom stereocenters. The summed E-state index contributed by atoms with van der Waals surface area (Å²) in [6.07, 6.45) is 5.93. The second-order valence-electron chi connectivity index (χ2n) is 5.56. The highest BCUT2D eigenvalue weighted by molar-refractivity contribution is 5.67. The van der Waals surface area contributed by atoms with Crippen LogP contribution in [0.2, 0.25) is 0 Å². The van der Waals surface area contributed by atoms with Gasteiger partial charge in [0.05, 0.1) is 11.4 Å². The third-order valence-corrected chi connectivity index (χ3v) is 4.31. The molecule has 0 radical (unpaired) electrons. The summed E-state index contributed by atoms with van der Waals surface area (Å²) in [5.41, 5.74) is 6.09. The highest BCUT2D eigenvalue weighted by Gasteiger charge is 2.21. The standard InChI is InChI=1S/C17H21N3/c1-12-4-3-5-15(13(12)2)17-16(19-10-11-20-17)14-6-8-18-9-7-14/h3-5,10-11,14,18H,6-9H2,1-2H3. The van der Waals surface area contributed by atoms with E-state index in [1.54, 1.807) is 0 Å². The molecule has 0 atom stereocenters. The number of hydrogen-bond acceptors (Lipinski definition) is 3. The van der Waals surface area contributed by atoms with Crippen LogP contribution < -0.4 is 5.32 Å². The molecule has 3 nitrogen and oxygen atoms in total. The molecule has 1 aromatic heterocycles. The Labute approximate surface area is 120 Å². The monoisotopic (exact) mass is 267 g/mol. The van der Waals surface area contributed by atoms with Crippen LogP contribution in [-0.4, -0.2) is 23.1 Å². The Hall–Kier alpha value is -1.74. The molecule has 0 saturated carbocycles. The van der Waals surface area contributed by atoms with E-state index in [0.29, 0.717) is 5.92 Å². The molecule has 1 aliphatic heterocycles. The van der Waals surface area contributed by atoms with E-state index in [4.69, 9.17) is 0 Å². The Kier molecular flexibility index (Phi) is 3.79. The largest absolute Gasteiger partial charge is 0.317 e. The van der Waals surface area contributed by atoms with Gasteiger partial charge >= 0.3 is 0 Å². The zero-order chi connectivity index (χ0) is 13.9. The predicted molar refractivity (Wildman–Crippen MR) is 81.8 cm³/mol. The number of nitrogens with one attached hydrogen (secondary N) is 1. The van der Waals surface area contributed by atoms with Crippen LogP contribution in [0.25, 0.3) is 11.3 Å². The molecule has 2 aromatic rings. The van der Waals surface area contributed by atoms with E-state index >= 15 is 0 Å². The van der Waals surface area contributed by atoms with E-state index in [-0.39, 0.29) is 0 Å². The first kappa shape index (κ1) is 13.3. The molecule has 1 aromatic carbocycles. The van der Waals surface area contributed by atoms with Crippen LogP contribution in [0.15, 0.2) is 30.6 Å². The smallest absolute Gasteiger partial charge is 0.0922 e. The summed E-state index contributed by atoms with van der Waals surface area (Å²) in [5, 5.41) is 3.42. The summed E-state index contributed by atoms with van der Waals surface area (Å²) in [5.74, 6) is 0.528. The number of rotatable bonds is 2. The molecular weight excluding hydrogens is 246 g/mol. The SMILES string of the molecule is Cc1cccc(-c2nccnc2C2CCNCC2)c1C. The van der Waals surface area contributed by atoms with Crippen molar-refractivity contribution in [3.63, 3.8) is 0 Å². The van der Waals surface area contributed by atoms with Gasteiger partial charge in [0.2, 0.25) is 0 Å². The second-order valence-corrected chi connectivity index (χ2v) is 5.56. The van der Waals surface area contributed by atoms with Gasteiger partial charge in [0.15, 0.2) is 0 Å². The summed E-state index contributed by atoms with van der Waals surface area (Å²) in [6.45, 7) is 6.48. The topological polar surface area (TPSA) is 37.8 Å². The number of benzene rings is 1. The molecule has 1 fully saturated rings. The summed E-state index contributed by atoms with van der Waals surface area (Å²) in [6, 6.07) is 6.43. The zero-order valence-electron chi connectivity index (χ0n) is 12.2. The molecule has 104 valence electrons. The predicted octanol–water partition coefficient (Wildman–Crippen LogP) is 3.23. The fraction of sp³-hybridized carbons (Fsp3) is 0.412. The molecule has 0 aliphatic carbocycles. The first-order chi connectivity index (χ1) is 9.77. The number of aryl methyl sites for hydroxylation is 1. The van der Waals surface area contributed by atoms with Gasteiger partial charge < -0.3 is 5.32 Å². The van der Waals surface area contributed by atoms with Crippen LogP contribution >= 0.6 is 0 Å². The lowest BCUT2D eigenvalue weighted by Gasteiger charge is -2.24. The van der Waals surface area contributed by atoms with E-state index in [1.807, 2.05) is 12.4 Å². The van der Waals surface area contributed by atoms with Crippen molar-refractivity contribution in [1.29, 1.82) is 0 Å². The fourth-order valence-electron chi connectivity index (χ4n) is 2.96. The minimum Gasteiger partial charge on any atom is -0.317 e. The lowest BCUT2D eigenvalue weighted by atomic mass is 9.89. The van der Waals surface area contributed by atoms with Gasteiger partial charge in [0, 0.05) is 23.9 Å². The molecule has 1 aliphatic rings. The molecule has 2 heterocycles. The molecule has 0 bridgehead atoms. The highest BCUT2D eigenvalue weighted by Crippen LogP contribution is 2.32. The van der Waals surface area contributed by atoms with Crippen LogP contribution in [0.4, 0.5) is 0 Å².